The van der Waals surface area contributed by atoms with E-state index in [0.717, 1.165) is 24.0 Å². The van der Waals surface area contributed by atoms with Gasteiger partial charge in [-0.15, -0.1) is 11.3 Å². The van der Waals surface area contributed by atoms with Crippen molar-refractivity contribution < 1.29 is 4.79 Å². The molecule has 0 spiro atoms. The fraction of sp³-hybridized carbons (Fsp3) is 0.312. The summed E-state index contributed by atoms with van der Waals surface area (Å²) in [5.74, 6) is 0.0282. The first kappa shape index (κ1) is 14.3. The van der Waals surface area contributed by atoms with Gasteiger partial charge in [-0.2, -0.15) is 0 Å². The Morgan fingerprint density at radius 2 is 1.89 bits per heavy atom. The summed E-state index contributed by atoms with van der Waals surface area (Å²) in [5.41, 5.74) is 4.26. The van der Waals surface area contributed by atoms with Crippen molar-refractivity contribution in [1.82, 2.24) is 0 Å². The lowest BCUT2D eigenvalue weighted by molar-refractivity contribution is 0.104. The van der Waals surface area contributed by atoms with Crippen LogP contribution in [0.25, 0.3) is 0 Å². The second-order valence-electron chi connectivity index (χ2n) is 4.58. The van der Waals surface area contributed by atoms with E-state index < -0.39 is 0 Å². The Kier molecular flexibility index (Phi) is 4.43. The van der Waals surface area contributed by atoms with E-state index in [-0.39, 0.29) is 5.78 Å². The van der Waals surface area contributed by atoms with Crippen LogP contribution in [0.2, 0.25) is 5.02 Å². The number of ketones is 1. The summed E-state index contributed by atoms with van der Waals surface area (Å²) >= 11 is 7.60. The molecule has 1 nitrogen and oxygen atoms in total. The molecule has 2 aromatic rings. The van der Waals surface area contributed by atoms with Crippen LogP contribution in [0.3, 0.4) is 0 Å². The Morgan fingerprint density at radius 1 is 1.21 bits per heavy atom. The van der Waals surface area contributed by atoms with Gasteiger partial charge in [0.2, 0.25) is 5.78 Å². The Morgan fingerprint density at radius 3 is 2.42 bits per heavy atom. The van der Waals surface area contributed by atoms with Crippen LogP contribution in [0, 0.1) is 6.92 Å². The molecule has 0 bridgehead atoms. The molecule has 0 atom stereocenters. The third-order valence-electron chi connectivity index (χ3n) is 3.34. The predicted octanol–water partition coefficient (Wildman–Crippen LogP) is 5.07. The van der Waals surface area contributed by atoms with Crippen LogP contribution in [0.15, 0.2) is 23.6 Å². The minimum absolute atomic E-state index is 0.0282. The van der Waals surface area contributed by atoms with Crippen molar-refractivity contribution in [3.63, 3.8) is 0 Å². The van der Waals surface area contributed by atoms with Crippen molar-refractivity contribution in [2.24, 2.45) is 0 Å². The van der Waals surface area contributed by atoms with E-state index in [1.54, 1.807) is 0 Å². The van der Waals surface area contributed by atoms with E-state index in [1.165, 1.54) is 22.5 Å². The van der Waals surface area contributed by atoms with E-state index in [1.807, 2.05) is 24.4 Å². The molecule has 100 valence electrons. The summed E-state index contributed by atoms with van der Waals surface area (Å²) in [6.07, 6.45) is 1.94. The maximum atomic E-state index is 12.5. The van der Waals surface area contributed by atoms with Gasteiger partial charge in [-0.3, -0.25) is 4.79 Å². The molecule has 0 aliphatic carbocycles. The number of hydrogen-bond donors (Lipinski definition) is 0. The first-order chi connectivity index (χ1) is 9.08. The van der Waals surface area contributed by atoms with Gasteiger partial charge in [-0.1, -0.05) is 37.6 Å². The van der Waals surface area contributed by atoms with Gasteiger partial charge in [-0.25, -0.2) is 0 Å². The monoisotopic (exact) mass is 292 g/mol. The predicted molar refractivity (Wildman–Crippen MR) is 82.7 cm³/mol. The lowest BCUT2D eigenvalue weighted by Crippen LogP contribution is -2.02. The normalized spacial score (nSPS) is 10.7. The maximum absolute atomic E-state index is 12.5. The van der Waals surface area contributed by atoms with Crippen LogP contribution < -0.4 is 0 Å². The quantitative estimate of drug-likeness (QED) is 0.719. The van der Waals surface area contributed by atoms with Gasteiger partial charge >= 0.3 is 0 Å². The number of carbonyl (C=O) groups excluding carboxylic acids is 1. The van der Waals surface area contributed by atoms with Crippen molar-refractivity contribution in [2.75, 3.05) is 0 Å². The van der Waals surface area contributed by atoms with Crippen LogP contribution in [0.5, 0.6) is 0 Å². The molecule has 1 aromatic carbocycles. The summed E-state index contributed by atoms with van der Waals surface area (Å²) in [6, 6.07) is 5.97. The van der Waals surface area contributed by atoms with E-state index >= 15 is 0 Å². The maximum Gasteiger partial charge on any atom is 0.204 e. The molecule has 3 heteroatoms. The van der Waals surface area contributed by atoms with Gasteiger partial charge in [0.15, 0.2) is 0 Å². The molecule has 0 unspecified atom stereocenters. The highest BCUT2D eigenvalue weighted by molar-refractivity contribution is 7.13. The second kappa shape index (κ2) is 5.89. The molecule has 0 saturated heterocycles. The molecule has 0 fully saturated rings. The molecule has 0 radical (unpaired) electrons. The average Bonchev–Trinajstić information content (AvgIpc) is 2.77. The van der Waals surface area contributed by atoms with Crippen molar-refractivity contribution in [3.8, 4) is 0 Å². The molecule has 2 rings (SSSR count). The Balaban J connectivity index is 2.42. The van der Waals surface area contributed by atoms with Gasteiger partial charge in [0, 0.05) is 5.56 Å². The summed E-state index contributed by atoms with van der Waals surface area (Å²) in [6.45, 7) is 6.17. The number of hydrogen-bond acceptors (Lipinski definition) is 2. The molecule has 0 aliphatic rings. The third kappa shape index (κ3) is 2.75. The summed E-state index contributed by atoms with van der Waals surface area (Å²) in [5, 5.41) is 2.52. The van der Waals surface area contributed by atoms with Crippen LogP contribution in [-0.2, 0) is 12.8 Å². The number of benzene rings is 1. The Labute approximate surface area is 123 Å². The van der Waals surface area contributed by atoms with E-state index in [4.69, 9.17) is 11.6 Å². The van der Waals surface area contributed by atoms with Crippen LogP contribution in [0.1, 0.15) is 45.8 Å². The zero-order valence-electron chi connectivity index (χ0n) is 11.4. The summed E-state index contributed by atoms with van der Waals surface area (Å²) < 4.78 is 0. The van der Waals surface area contributed by atoms with E-state index in [2.05, 4.69) is 19.9 Å². The van der Waals surface area contributed by atoms with Crippen LogP contribution >= 0.6 is 22.9 Å². The van der Waals surface area contributed by atoms with Gasteiger partial charge in [0.1, 0.15) is 0 Å². The minimum atomic E-state index is 0.0282. The highest BCUT2D eigenvalue weighted by Crippen LogP contribution is 2.29. The van der Waals surface area contributed by atoms with Crippen molar-refractivity contribution in [2.45, 2.75) is 33.6 Å². The first-order valence-electron chi connectivity index (χ1n) is 6.48. The zero-order chi connectivity index (χ0) is 14.0. The number of thiophene rings is 1. The SMILES string of the molecule is CCc1ccc(C(=O)c2scc(C)c2Cl)cc1CC. The van der Waals surface area contributed by atoms with Crippen molar-refractivity contribution >= 4 is 28.7 Å². The number of rotatable bonds is 4. The van der Waals surface area contributed by atoms with Crippen molar-refractivity contribution in [1.29, 1.82) is 0 Å². The molecular weight excluding hydrogens is 276 g/mol. The number of aryl methyl sites for hydroxylation is 3. The lowest BCUT2D eigenvalue weighted by atomic mass is 9.98. The number of halogens is 1. The highest BCUT2D eigenvalue weighted by atomic mass is 35.5. The topological polar surface area (TPSA) is 17.1 Å². The molecule has 1 heterocycles. The van der Waals surface area contributed by atoms with Gasteiger partial charge in [0.25, 0.3) is 0 Å². The van der Waals surface area contributed by atoms with E-state index in [9.17, 15) is 4.79 Å². The highest BCUT2D eigenvalue weighted by Gasteiger charge is 2.17. The Bertz CT molecular complexity index is 613. The molecule has 0 aliphatic heterocycles. The average molecular weight is 293 g/mol. The standard InChI is InChI=1S/C16H17ClOS/c1-4-11-6-7-13(8-12(11)5-2)15(18)16-14(17)10(3)9-19-16/h6-9H,4-5H2,1-3H3. The zero-order valence-corrected chi connectivity index (χ0v) is 13.0. The fourth-order valence-corrected chi connectivity index (χ4v) is 3.40. The molecular formula is C16H17ClOS. The van der Waals surface area contributed by atoms with Gasteiger partial charge in [-0.05, 0) is 47.9 Å². The van der Waals surface area contributed by atoms with Crippen molar-refractivity contribution in [3.05, 3.63) is 55.7 Å². The molecule has 0 N–H and O–H groups in total. The first-order valence-corrected chi connectivity index (χ1v) is 7.74. The Hall–Kier alpha value is -1.12. The smallest absolute Gasteiger partial charge is 0.204 e. The van der Waals surface area contributed by atoms with E-state index in [0.29, 0.717) is 9.90 Å². The molecule has 0 amide bonds. The summed E-state index contributed by atoms with van der Waals surface area (Å²) in [7, 11) is 0. The second-order valence-corrected chi connectivity index (χ2v) is 5.84. The van der Waals surface area contributed by atoms with Gasteiger partial charge < -0.3 is 0 Å². The summed E-state index contributed by atoms with van der Waals surface area (Å²) in [4.78, 5) is 13.1. The van der Waals surface area contributed by atoms with Gasteiger partial charge in [0.05, 0.1) is 9.90 Å². The van der Waals surface area contributed by atoms with Crippen LogP contribution in [0.4, 0.5) is 0 Å². The fourth-order valence-electron chi connectivity index (χ4n) is 2.16. The molecule has 19 heavy (non-hydrogen) atoms. The molecule has 0 saturated carbocycles. The largest absolute Gasteiger partial charge is 0.288 e. The third-order valence-corrected chi connectivity index (χ3v) is 5.03. The molecule has 1 aromatic heterocycles. The number of carbonyl (C=O) groups is 1. The van der Waals surface area contributed by atoms with Crippen LogP contribution in [-0.4, -0.2) is 5.78 Å². The lowest BCUT2D eigenvalue weighted by Gasteiger charge is -2.08. The minimum Gasteiger partial charge on any atom is -0.288 e.